The summed E-state index contributed by atoms with van der Waals surface area (Å²) in [4.78, 5) is 0. The fourth-order valence-electron chi connectivity index (χ4n) is 5.10. The average molecular weight is 342 g/mol. The van der Waals surface area contributed by atoms with Crippen molar-refractivity contribution in [3.8, 4) is 11.5 Å². The van der Waals surface area contributed by atoms with Crippen molar-refractivity contribution < 1.29 is 9.47 Å². The highest BCUT2D eigenvalue weighted by Gasteiger charge is 2.47. The Balaban J connectivity index is 1.75. The summed E-state index contributed by atoms with van der Waals surface area (Å²) in [5.41, 5.74) is 7.14. The molecule has 0 amide bonds. The molecule has 5 rings (SSSR count). The lowest BCUT2D eigenvalue weighted by Crippen LogP contribution is -2.11. The predicted octanol–water partition coefficient (Wildman–Crippen LogP) is 5.15. The van der Waals surface area contributed by atoms with Crippen molar-refractivity contribution in [2.75, 3.05) is 14.2 Å². The predicted molar refractivity (Wildman–Crippen MR) is 103 cm³/mol. The van der Waals surface area contributed by atoms with E-state index in [9.17, 15) is 0 Å². The van der Waals surface area contributed by atoms with Gasteiger partial charge in [-0.2, -0.15) is 0 Å². The van der Waals surface area contributed by atoms with Crippen LogP contribution in [0.25, 0.3) is 0 Å². The van der Waals surface area contributed by atoms with E-state index in [1.54, 1.807) is 14.2 Å². The molecule has 26 heavy (non-hydrogen) atoms. The van der Waals surface area contributed by atoms with Crippen molar-refractivity contribution >= 4 is 0 Å². The third kappa shape index (κ3) is 2.11. The first-order valence-corrected chi connectivity index (χ1v) is 9.20. The Morgan fingerprint density at radius 3 is 2.00 bits per heavy atom. The maximum atomic E-state index is 5.61. The van der Waals surface area contributed by atoms with Crippen LogP contribution in [-0.4, -0.2) is 14.2 Å². The summed E-state index contributed by atoms with van der Waals surface area (Å²) in [6.45, 7) is 0. The lowest BCUT2D eigenvalue weighted by Gasteiger charge is -2.20. The van der Waals surface area contributed by atoms with E-state index in [0.717, 1.165) is 17.9 Å². The topological polar surface area (TPSA) is 18.5 Å². The van der Waals surface area contributed by atoms with Gasteiger partial charge in [-0.05, 0) is 52.3 Å². The summed E-state index contributed by atoms with van der Waals surface area (Å²) in [5.74, 6) is 3.03. The monoisotopic (exact) mass is 342 g/mol. The maximum absolute atomic E-state index is 5.61. The number of fused-ring (bicyclic) bond motifs is 5. The van der Waals surface area contributed by atoms with Gasteiger partial charge in [0.05, 0.1) is 14.2 Å². The SMILES string of the molecule is COc1cc2c(cc1OC)[C@@H](c1ccccc1)[C@@H]1Cc3ccccc3[C@H]21. The average Bonchev–Trinajstić information content (AvgIpc) is 3.21. The van der Waals surface area contributed by atoms with Gasteiger partial charge in [0.1, 0.15) is 0 Å². The Bertz CT molecular complexity index is 938. The lowest BCUT2D eigenvalue weighted by atomic mass is 9.83. The van der Waals surface area contributed by atoms with E-state index in [1.165, 1.54) is 27.8 Å². The quantitative estimate of drug-likeness (QED) is 0.655. The Morgan fingerprint density at radius 1 is 0.692 bits per heavy atom. The number of hydrogen-bond acceptors (Lipinski definition) is 2. The Labute approximate surface area is 154 Å². The molecule has 2 heteroatoms. The molecule has 0 radical (unpaired) electrons. The number of methoxy groups -OCH3 is 2. The normalized spacial score (nSPS) is 22.5. The highest BCUT2D eigenvalue weighted by Crippen LogP contribution is 2.59. The molecule has 3 aromatic rings. The fourth-order valence-corrected chi connectivity index (χ4v) is 5.10. The Hall–Kier alpha value is -2.74. The second-order valence-corrected chi connectivity index (χ2v) is 7.27. The highest BCUT2D eigenvalue weighted by molar-refractivity contribution is 5.60. The van der Waals surface area contributed by atoms with Crippen LogP contribution >= 0.6 is 0 Å². The van der Waals surface area contributed by atoms with Crippen LogP contribution in [0.15, 0.2) is 66.7 Å². The molecule has 3 atom stereocenters. The van der Waals surface area contributed by atoms with Crippen molar-refractivity contribution in [1.82, 2.24) is 0 Å². The number of hydrogen-bond donors (Lipinski definition) is 0. The number of benzene rings is 3. The van der Waals surface area contributed by atoms with E-state index in [4.69, 9.17) is 9.47 Å². The zero-order valence-electron chi connectivity index (χ0n) is 15.1. The molecule has 0 saturated heterocycles. The van der Waals surface area contributed by atoms with Gasteiger partial charge in [-0.3, -0.25) is 0 Å². The van der Waals surface area contributed by atoms with Crippen LogP contribution in [0.5, 0.6) is 11.5 Å². The molecular weight excluding hydrogens is 320 g/mol. The first-order valence-electron chi connectivity index (χ1n) is 9.20. The molecule has 130 valence electrons. The van der Waals surface area contributed by atoms with Gasteiger partial charge in [0, 0.05) is 11.8 Å². The van der Waals surface area contributed by atoms with Gasteiger partial charge in [-0.15, -0.1) is 0 Å². The maximum Gasteiger partial charge on any atom is 0.161 e. The molecule has 0 aromatic heterocycles. The van der Waals surface area contributed by atoms with Crippen molar-refractivity contribution in [3.63, 3.8) is 0 Å². The van der Waals surface area contributed by atoms with E-state index in [-0.39, 0.29) is 0 Å². The minimum Gasteiger partial charge on any atom is -0.493 e. The van der Waals surface area contributed by atoms with Gasteiger partial charge in [0.2, 0.25) is 0 Å². The van der Waals surface area contributed by atoms with Crippen LogP contribution in [-0.2, 0) is 6.42 Å². The van der Waals surface area contributed by atoms with Crippen molar-refractivity contribution in [2.24, 2.45) is 5.92 Å². The first kappa shape index (κ1) is 15.5. The van der Waals surface area contributed by atoms with Crippen LogP contribution in [0.1, 0.15) is 39.7 Å². The van der Waals surface area contributed by atoms with Crippen molar-refractivity contribution in [2.45, 2.75) is 18.3 Å². The number of ether oxygens (including phenoxy) is 2. The summed E-state index contributed by atoms with van der Waals surface area (Å²) < 4.78 is 11.2. The molecule has 0 fully saturated rings. The molecule has 0 spiro atoms. The lowest BCUT2D eigenvalue weighted by molar-refractivity contribution is 0.354. The van der Waals surface area contributed by atoms with Gasteiger partial charge in [0.15, 0.2) is 11.5 Å². The van der Waals surface area contributed by atoms with Crippen LogP contribution in [0.3, 0.4) is 0 Å². The Morgan fingerprint density at radius 2 is 1.31 bits per heavy atom. The summed E-state index contributed by atoms with van der Waals surface area (Å²) in [7, 11) is 3.43. The van der Waals surface area contributed by atoms with Gasteiger partial charge in [-0.1, -0.05) is 54.6 Å². The summed E-state index contributed by atoms with van der Waals surface area (Å²) in [6, 6.07) is 24.2. The van der Waals surface area contributed by atoms with Gasteiger partial charge < -0.3 is 9.47 Å². The van der Waals surface area contributed by atoms with Crippen LogP contribution in [0, 0.1) is 5.92 Å². The summed E-state index contributed by atoms with van der Waals surface area (Å²) in [5, 5.41) is 0. The zero-order valence-corrected chi connectivity index (χ0v) is 15.1. The van der Waals surface area contributed by atoms with Gasteiger partial charge >= 0.3 is 0 Å². The van der Waals surface area contributed by atoms with E-state index in [1.807, 2.05) is 0 Å². The van der Waals surface area contributed by atoms with Crippen LogP contribution < -0.4 is 9.47 Å². The van der Waals surface area contributed by atoms with E-state index in [0.29, 0.717) is 17.8 Å². The summed E-state index contributed by atoms with van der Waals surface area (Å²) >= 11 is 0. The van der Waals surface area contributed by atoms with E-state index < -0.39 is 0 Å². The second-order valence-electron chi connectivity index (χ2n) is 7.27. The molecule has 0 saturated carbocycles. The van der Waals surface area contributed by atoms with Gasteiger partial charge in [0.25, 0.3) is 0 Å². The molecule has 2 aliphatic rings. The smallest absolute Gasteiger partial charge is 0.161 e. The third-order valence-electron chi connectivity index (χ3n) is 6.12. The van der Waals surface area contributed by atoms with Crippen molar-refractivity contribution in [3.05, 3.63) is 94.5 Å². The molecule has 2 nitrogen and oxygen atoms in total. The second kappa shape index (κ2) is 5.91. The fraction of sp³-hybridized carbons (Fsp3) is 0.250. The van der Waals surface area contributed by atoms with E-state index in [2.05, 4.69) is 66.7 Å². The van der Waals surface area contributed by atoms with E-state index >= 15 is 0 Å². The molecule has 3 aromatic carbocycles. The molecule has 0 heterocycles. The minimum absolute atomic E-state index is 0.392. The Kier molecular flexibility index (Phi) is 3.53. The molecule has 0 aliphatic heterocycles. The highest BCUT2D eigenvalue weighted by atomic mass is 16.5. The van der Waals surface area contributed by atoms with Crippen molar-refractivity contribution in [1.29, 1.82) is 0 Å². The summed E-state index contributed by atoms with van der Waals surface area (Å²) in [6.07, 6.45) is 1.12. The molecule has 2 aliphatic carbocycles. The molecule has 0 bridgehead atoms. The largest absolute Gasteiger partial charge is 0.493 e. The first-order chi connectivity index (χ1) is 12.8. The zero-order chi connectivity index (χ0) is 17.7. The third-order valence-corrected chi connectivity index (χ3v) is 6.12. The number of rotatable bonds is 3. The molecular formula is C24H22O2. The van der Waals surface area contributed by atoms with Crippen LogP contribution in [0.2, 0.25) is 0 Å². The van der Waals surface area contributed by atoms with Crippen LogP contribution in [0.4, 0.5) is 0 Å². The standard InChI is InChI=1S/C24H22O2/c1-25-21-13-18-19(14-22(21)26-2)24-17-11-7-6-10-16(17)12-20(24)23(18)15-8-4-3-5-9-15/h3-11,13-14,20,23-24H,12H2,1-2H3/t20-,23+,24+/m0/s1. The van der Waals surface area contributed by atoms with Gasteiger partial charge in [-0.25, -0.2) is 0 Å². The molecule has 0 N–H and O–H groups in total. The minimum atomic E-state index is 0.392. The molecule has 0 unspecified atom stereocenters.